The lowest BCUT2D eigenvalue weighted by atomic mass is 9.96. The van der Waals surface area contributed by atoms with E-state index in [-0.39, 0.29) is 47.7 Å². The Morgan fingerprint density at radius 2 is 1.90 bits per heavy atom. The summed E-state index contributed by atoms with van der Waals surface area (Å²) in [5.74, 6) is -0.350. The summed E-state index contributed by atoms with van der Waals surface area (Å²) < 4.78 is 29.8. The lowest BCUT2D eigenvalue weighted by Crippen LogP contribution is -2.53. The maximum Gasteiger partial charge on any atom is 0.264 e. The van der Waals surface area contributed by atoms with E-state index in [9.17, 15) is 23.1 Å². The van der Waals surface area contributed by atoms with E-state index in [1.807, 2.05) is 48.9 Å². The van der Waals surface area contributed by atoms with Gasteiger partial charge in [-0.1, -0.05) is 18.2 Å². The van der Waals surface area contributed by atoms with Gasteiger partial charge in [0, 0.05) is 62.7 Å². The average molecular weight is 599 g/mol. The molecule has 2 aliphatic rings. The summed E-state index contributed by atoms with van der Waals surface area (Å²) in [5, 5.41) is 14.9. The van der Waals surface area contributed by atoms with E-state index in [1.165, 1.54) is 10.6 Å². The van der Waals surface area contributed by atoms with Crippen LogP contribution in [0.4, 0.5) is 0 Å². The normalized spacial score (nSPS) is 21.8. The maximum atomic E-state index is 13.4. The molecule has 4 heterocycles. The number of aryl methyl sites for hydroxylation is 1. The molecule has 4 atom stereocenters. The fourth-order valence-corrected chi connectivity index (χ4v) is 7.59. The first-order chi connectivity index (χ1) is 20.0. The molecule has 42 heavy (non-hydrogen) atoms. The van der Waals surface area contributed by atoms with Crippen LogP contribution in [0.2, 0.25) is 0 Å². The van der Waals surface area contributed by atoms with Gasteiger partial charge in [-0.2, -0.15) is 4.31 Å². The number of rotatable bonds is 12. The number of carbonyl (C=O) groups is 1. The minimum Gasteiger partial charge on any atom is -0.390 e. The van der Waals surface area contributed by atoms with E-state index in [1.54, 1.807) is 23.2 Å². The van der Waals surface area contributed by atoms with Gasteiger partial charge in [-0.15, -0.1) is 0 Å². The molecule has 3 aromatic rings. The molecule has 2 aliphatic heterocycles. The fraction of sp³-hybridized carbons (Fsp3) is 0.567. The number of nitrogens with zero attached hydrogens (tertiary/aromatic N) is 5. The Morgan fingerprint density at radius 1 is 1.19 bits per heavy atom. The number of benzene rings is 1. The predicted octanol–water partition coefficient (Wildman–Crippen LogP) is 2.22. The van der Waals surface area contributed by atoms with Crippen molar-refractivity contribution in [2.24, 2.45) is 0 Å². The number of para-hydroxylation sites is 1. The molecule has 1 aromatic carbocycles. The van der Waals surface area contributed by atoms with Crippen LogP contribution in [0.1, 0.15) is 62.4 Å². The van der Waals surface area contributed by atoms with E-state index in [0.717, 1.165) is 36.6 Å². The highest BCUT2D eigenvalue weighted by Crippen LogP contribution is 2.36. The van der Waals surface area contributed by atoms with Crippen LogP contribution in [0.5, 0.6) is 0 Å². The molecule has 5 rings (SSSR count). The van der Waals surface area contributed by atoms with Crippen molar-refractivity contribution in [3.05, 3.63) is 65.0 Å². The molecule has 228 valence electrons. The summed E-state index contributed by atoms with van der Waals surface area (Å²) in [6.45, 7) is 5.27. The molecule has 12 heteroatoms. The maximum absolute atomic E-state index is 13.4. The third-order valence-corrected chi connectivity index (χ3v) is 9.88. The van der Waals surface area contributed by atoms with Crippen LogP contribution in [-0.2, 0) is 16.6 Å². The summed E-state index contributed by atoms with van der Waals surface area (Å²) in [4.78, 5) is 33.0. The van der Waals surface area contributed by atoms with Crippen LogP contribution < -0.4 is 10.9 Å². The summed E-state index contributed by atoms with van der Waals surface area (Å²) >= 11 is 0. The number of aliphatic hydroxyl groups excluding tert-OH is 1. The Balaban J connectivity index is 1.19. The van der Waals surface area contributed by atoms with Crippen LogP contribution in [0, 0.1) is 0 Å². The Kier molecular flexibility index (Phi) is 9.17. The van der Waals surface area contributed by atoms with Gasteiger partial charge < -0.3 is 19.6 Å². The lowest BCUT2D eigenvalue weighted by Gasteiger charge is -2.40. The summed E-state index contributed by atoms with van der Waals surface area (Å²) in [6, 6.07) is 9.50. The van der Waals surface area contributed by atoms with Gasteiger partial charge in [-0.25, -0.2) is 13.4 Å². The zero-order valence-electron chi connectivity index (χ0n) is 24.6. The Bertz CT molecular complexity index is 1540. The van der Waals surface area contributed by atoms with Gasteiger partial charge in [0.1, 0.15) is 5.56 Å². The van der Waals surface area contributed by atoms with Crippen LogP contribution in [-0.4, -0.2) is 92.9 Å². The molecule has 2 unspecified atom stereocenters. The van der Waals surface area contributed by atoms with Crippen molar-refractivity contribution in [3.8, 4) is 0 Å². The van der Waals surface area contributed by atoms with Gasteiger partial charge in [0.05, 0.1) is 24.2 Å². The number of aliphatic hydroxyl groups is 1. The summed E-state index contributed by atoms with van der Waals surface area (Å²) in [5.41, 5.74) is 0.679. The van der Waals surface area contributed by atoms with Gasteiger partial charge in [0.15, 0.2) is 0 Å². The van der Waals surface area contributed by atoms with Gasteiger partial charge in [0.25, 0.3) is 11.5 Å². The molecule has 2 fully saturated rings. The fourth-order valence-electron chi connectivity index (χ4n) is 6.69. The second-order valence-electron chi connectivity index (χ2n) is 12.0. The highest BCUT2D eigenvalue weighted by atomic mass is 32.2. The number of nitrogens with one attached hydrogen (secondary N) is 1. The quantitative estimate of drug-likeness (QED) is 0.327. The number of carbonyl (C=O) groups excluding carboxylic acids is 1. The predicted molar refractivity (Wildman–Crippen MR) is 162 cm³/mol. The van der Waals surface area contributed by atoms with Crippen molar-refractivity contribution in [1.29, 1.82) is 0 Å². The second-order valence-corrected chi connectivity index (χ2v) is 14.0. The second kappa shape index (κ2) is 12.7. The zero-order valence-corrected chi connectivity index (χ0v) is 25.4. The molecule has 0 aliphatic carbocycles. The third-order valence-electron chi connectivity index (χ3n) is 8.61. The van der Waals surface area contributed by atoms with E-state index >= 15 is 0 Å². The smallest absolute Gasteiger partial charge is 0.264 e. The Morgan fingerprint density at radius 3 is 2.55 bits per heavy atom. The number of sulfonamides is 1. The number of imidazole rings is 1. The molecule has 0 radical (unpaired) electrons. The highest BCUT2D eigenvalue weighted by Gasteiger charge is 2.42. The van der Waals surface area contributed by atoms with Gasteiger partial charge in [-0.05, 0) is 63.5 Å². The van der Waals surface area contributed by atoms with Crippen LogP contribution in [0.25, 0.3) is 10.9 Å². The Labute approximate surface area is 247 Å². The average Bonchev–Trinajstić information content (AvgIpc) is 3.52. The lowest BCUT2D eigenvalue weighted by molar-refractivity contribution is 0.0429. The molecule has 1 amide bonds. The molecule has 0 saturated carbocycles. The van der Waals surface area contributed by atoms with Crippen molar-refractivity contribution in [1.82, 2.24) is 28.6 Å². The first-order valence-corrected chi connectivity index (χ1v) is 16.7. The number of aromatic nitrogens is 3. The number of hydrogen-bond acceptors (Lipinski definition) is 7. The molecule has 2 bridgehead atoms. The molecular weight excluding hydrogens is 556 g/mol. The first kappa shape index (κ1) is 30.4. The van der Waals surface area contributed by atoms with Gasteiger partial charge in [0.2, 0.25) is 10.0 Å². The SMILES string of the molecule is CC(C)n1c(=O)c(C(=O)NC2CC3CC[C@H](C2)N3C[C@H](O)CN(CCCn2ccnc2)S(C)(=O)=O)cc2ccccc21. The highest BCUT2D eigenvalue weighted by molar-refractivity contribution is 7.88. The number of pyridine rings is 1. The van der Waals surface area contributed by atoms with E-state index in [4.69, 9.17) is 0 Å². The minimum absolute atomic E-state index is 0.0446. The van der Waals surface area contributed by atoms with Crippen molar-refractivity contribution in [2.75, 3.05) is 25.9 Å². The van der Waals surface area contributed by atoms with Gasteiger partial charge >= 0.3 is 0 Å². The molecule has 2 aromatic heterocycles. The number of hydrogen-bond donors (Lipinski definition) is 2. The summed E-state index contributed by atoms with van der Waals surface area (Å²) in [7, 11) is -3.47. The topological polar surface area (TPSA) is 130 Å². The van der Waals surface area contributed by atoms with Crippen LogP contribution in [0.3, 0.4) is 0 Å². The van der Waals surface area contributed by atoms with Crippen LogP contribution >= 0.6 is 0 Å². The van der Waals surface area contributed by atoms with Crippen molar-refractivity contribution in [3.63, 3.8) is 0 Å². The molecule has 11 nitrogen and oxygen atoms in total. The molecule has 2 N–H and O–H groups in total. The van der Waals surface area contributed by atoms with Crippen molar-refractivity contribution < 1.29 is 18.3 Å². The van der Waals surface area contributed by atoms with Crippen LogP contribution in [0.15, 0.2) is 53.8 Å². The first-order valence-electron chi connectivity index (χ1n) is 14.8. The van der Waals surface area contributed by atoms with E-state index in [2.05, 4.69) is 15.2 Å². The Hall–Kier alpha value is -3.06. The van der Waals surface area contributed by atoms with E-state index < -0.39 is 16.1 Å². The third kappa shape index (κ3) is 6.77. The number of piperidine rings is 1. The molecule has 0 spiro atoms. The van der Waals surface area contributed by atoms with Crippen molar-refractivity contribution >= 4 is 26.8 Å². The zero-order chi connectivity index (χ0) is 30.0. The van der Waals surface area contributed by atoms with E-state index in [0.29, 0.717) is 26.1 Å². The molecular formula is C30H42N6O5S. The monoisotopic (exact) mass is 598 g/mol. The number of fused-ring (bicyclic) bond motifs is 3. The summed E-state index contributed by atoms with van der Waals surface area (Å²) in [6.07, 6.45) is 9.56. The standard InChI is InChI=1S/C30H42N6O5S/c1-21(2)36-28-8-5-4-7-22(28)15-27(30(36)39)29(38)32-23-16-24-9-10-25(17-23)35(24)19-26(37)18-34(42(3,40)41)13-6-12-33-14-11-31-20-33/h4-5,7-8,11,14-15,20-21,23-26,37H,6,9-10,12-13,16-19H2,1-3H3,(H,32,38)/t23?,24-,25?,26-/m1/s1. The largest absolute Gasteiger partial charge is 0.390 e. The van der Waals surface area contributed by atoms with Gasteiger partial charge in [-0.3, -0.25) is 14.5 Å². The van der Waals surface area contributed by atoms with Crippen molar-refractivity contribution in [2.45, 2.75) is 82.8 Å². The number of amides is 1. The minimum atomic E-state index is -3.47. The molecule has 2 saturated heterocycles.